The molecule has 0 saturated carbocycles. The van der Waals surface area contributed by atoms with Crippen molar-refractivity contribution in [1.82, 2.24) is 10.2 Å². The average molecular weight is 307 g/mol. The first-order valence-corrected chi connectivity index (χ1v) is 7.50. The summed E-state index contributed by atoms with van der Waals surface area (Å²) in [4.78, 5) is 26.0. The van der Waals surface area contributed by atoms with Crippen molar-refractivity contribution in [3.8, 4) is 0 Å². The molecule has 19 heavy (non-hydrogen) atoms. The fourth-order valence-electron chi connectivity index (χ4n) is 1.03. The molecule has 0 aliphatic carbocycles. The molecule has 1 aromatic rings. The largest absolute Gasteiger partial charge is 0.368 e. The van der Waals surface area contributed by atoms with Crippen LogP contribution in [0.4, 0.5) is 0 Å². The summed E-state index contributed by atoms with van der Waals surface area (Å²) in [5.41, 5.74) is 6.75. The lowest BCUT2D eigenvalue weighted by atomic mass is 10.4. The molecule has 0 aliphatic heterocycles. The Labute approximate surface area is 113 Å². The van der Waals surface area contributed by atoms with E-state index in [1.807, 2.05) is 5.48 Å². The average Bonchev–Trinajstić information content (AvgIpc) is 2.82. The molecule has 106 valence electrons. The number of hydrogen-bond donors (Lipinski definition) is 3. The maximum atomic E-state index is 11.7. The highest BCUT2D eigenvalue weighted by Gasteiger charge is 2.14. The van der Waals surface area contributed by atoms with Crippen molar-refractivity contribution in [2.75, 3.05) is 13.2 Å². The smallest absolute Gasteiger partial charge is 0.250 e. The van der Waals surface area contributed by atoms with Crippen molar-refractivity contribution in [2.45, 2.75) is 10.6 Å². The van der Waals surface area contributed by atoms with Gasteiger partial charge in [-0.05, 0) is 11.4 Å². The zero-order valence-corrected chi connectivity index (χ0v) is 11.4. The topological polar surface area (TPSA) is 128 Å². The Balaban J connectivity index is 2.27. The van der Waals surface area contributed by atoms with E-state index in [9.17, 15) is 18.0 Å². The Bertz CT molecular complexity index is 526. The highest BCUT2D eigenvalue weighted by molar-refractivity contribution is 7.91. The van der Waals surface area contributed by atoms with E-state index in [1.54, 1.807) is 11.4 Å². The van der Waals surface area contributed by atoms with E-state index in [1.165, 1.54) is 6.07 Å². The van der Waals surface area contributed by atoms with Crippen LogP contribution in [-0.2, 0) is 24.4 Å². The number of carbonyl (C=O) groups is 2. The van der Waals surface area contributed by atoms with Gasteiger partial charge in [-0.15, -0.1) is 11.3 Å². The lowest BCUT2D eigenvalue weighted by Crippen LogP contribution is -2.32. The van der Waals surface area contributed by atoms with Gasteiger partial charge in [0.2, 0.25) is 21.8 Å². The van der Waals surface area contributed by atoms with Crippen LogP contribution in [0, 0.1) is 0 Å². The summed E-state index contributed by atoms with van der Waals surface area (Å²) in [7, 11) is -3.57. The standard InChI is InChI=1S/C9H13N3O5S2/c10-7(13)6-17-12-8(14)3-4-11-19(15,16)9-2-1-5-18-9/h1-2,5,11H,3-4,6H2,(H2,10,13)(H,12,14). The van der Waals surface area contributed by atoms with Gasteiger partial charge >= 0.3 is 0 Å². The van der Waals surface area contributed by atoms with Gasteiger partial charge in [-0.2, -0.15) is 0 Å². The Morgan fingerprint density at radius 3 is 2.74 bits per heavy atom. The van der Waals surface area contributed by atoms with Gasteiger partial charge < -0.3 is 5.73 Å². The molecule has 1 rings (SSSR count). The molecule has 0 spiro atoms. The van der Waals surface area contributed by atoms with Crippen molar-refractivity contribution in [3.05, 3.63) is 17.5 Å². The summed E-state index contributed by atoms with van der Waals surface area (Å²) in [5.74, 6) is -1.28. The van der Waals surface area contributed by atoms with Crippen molar-refractivity contribution in [1.29, 1.82) is 0 Å². The van der Waals surface area contributed by atoms with Gasteiger partial charge in [-0.25, -0.2) is 18.6 Å². The molecule has 4 N–H and O–H groups in total. The molecule has 0 bridgehead atoms. The minimum atomic E-state index is -3.57. The third-order valence-corrected chi connectivity index (χ3v) is 4.66. The van der Waals surface area contributed by atoms with Crippen LogP contribution in [0.3, 0.4) is 0 Å². The zero-order valence-electron chi connectivity index (χ0n) is 9.79. The Morgan fingerprint density at radius 1 is 1.42 bits per heavy atom. The summed E-state index contributed by atoms with van der Waals surface area (Å²) in [5, 5.41) is 1.64. The lowest BCUT2D eigenvalue weighted by Gasteiger charge is -2.05. The van der Waals surface area contributed by atoms with Crippen molar-refractivity contribution >= 4 is 33.2 Å². The predicted octanol–water partition coefficient (Wildman–Crippen LogP) is -1.05. The number of thiophene rings is 1. The summed E-state index contributed by atoms with van der Waals surface area (Å²) < 4.78 is 25.8. The summed E-state index contributed by atoms with van der Waals surface area (Å²) in [6, 6.07) is 3.08. The number of primary amides is 1. The number of sulfonamides is 1. The highest BCUT2D eigenvalue weighted by atomic mass is 32.2. The second-order valence-electron chi connectivity index (χ2n) is 3.36. The molecule has 0 radical (unpaired) electrons. The number of carbonyl (C=O) groups excluding carboxylic acids is 2. The number of amides is 2. The van der Waals surface area contributed by atoms with E-state index in [-0.39, 0.29) is 17.2 Å². The quantitative estimate of drug-likeness (QED) is 0.528. The van der Waals surface area contributed by atoms with E-state index in [0.717, 1.165) is 11.3 Å². The molecule has 10 heteroatoms. The Hall–Kier alpha value is -1.49. The first kappa shape index (κ1) is 15.6. The highest BCUT2D eigenvalue weighted by Crippen LogP contribution is 2.14. The van der Waals surface area contributed by atoms with Crippen molar-refractivity contribution < 1.29 is 22.8 Å². The van der Waals surface area contributed by atoms with Gasteiger partial charge in [-0.3, -0.25) is 14.4 Å². The van der Waals surface area contributed by atoms with Crippen LogP contribution in [-0.4, -0.2) is 33.4 Å². The molecule has 0 aromatic carbocycles. The van der Waals surface area contributed by atoms with E-state index < -0.39 is 28.4 Å². The molecular weight excluding hydrogens is 294 g/mol. The zero-order chi connectivity index (χ0) is 14.3. The van der Waals surface area contributed by atoms with E-state index in [0.29, 0.717) is 0 Å². The second kappa shape index (κ2) is 7.19. The normalized spacial score (nSPS) is 11.2. The second-order valence-corrected chi connectivity index (χ2v) is 6.30. The van der Waals surface area contributed by atoms with Crippen LogP contribution < -0.4 is 15.9 Å². The molecule has 0 saturated heterocycles. The van der Waals surface area contributed by atoms with Crippen molar-refractivity contribution in [2.24, 2.45) is 5.73 Å². The summed E-state index contributed by atoms with van der Waals surface area (Å²) in [6.45, 7) is -0.515. The monoisotopic (exact) mass is 307 g/mol. The maximum absolute atomic E-state index is 11.7. The van der Waals surface area contributed by atoms with Crippen molar-refractivity contribution in [3.63, 3.8) is 0 Å². The molecule has 0 fully saturated rings. The minimum Gasteiger partial charge on any atom is -0.368 e. The van der Waals surface area contributed by atoms with Crippen LogP contribution in [0.2, 0.25) is 0 Å². The third-order valence-electron chi connectivity index (χ3n) is 1.80. The first-order valence-electron chi connectivity index (χ1n) is 5.14. The molecule has 1 aromatic heterocycles. The molecule has 0 atom stereocenters. The Kier molecular flexibility index (Phi) is 5.89. The number of hydroxylamine groups is 1. The van der Waals surface area contributed by atoms with Gasteiger partial charge in [0.25, 0.3) is 0 Å². The van der Waals surface area contributed by atoms with Crippen LogP contribution in [0.15, 0.2) is 21.7 Å². The van der Waals surface area contributed by atoms with E-state index in [4.69, 9.17) is 5.73 Å². The summed E-state index contributed by atoms with van der Waals surface area (Å²) in [6.07, 6.45) is -0.122. The molecule has 2 amide bonds. The third kappa shape index (κ3) is 5.79. The van der Waals surface area contributed by atoms with E-state index >= 15 is 0 Å². The number of nitrogens with two attached hydrogens (primary N) is 1. The van der Waals surface area contributed by atoms with Gasteiger partial charge in [0.15, 0.2) is 6.61 Å². The summed E-state index contributed by atoms with van der Waals surface area (Å²) >= 11 is 1.08. The fourth-order valence-corrected chi connectivity index (χ4v) is 3.09. The first-order chi connectivity index (χ1) is 8.92. The maximum Gasteiger partial charge on any atom is 0.250 e. The van der Waals surface area contributed by atoms with Crippen LogP contribution in [0.25, 0.3) is 0 Å². The van der Waals surface area contributed by atoms with Gasteiger partial charge in [0.05, 0.1) is 0 Å². The van der Waals surface area contributed by atoms with Crippen LogP contribution in [0.5, 0.6) is 0 Å². The molecule has 0 aliphatic rings. The lowest BCUT2D eigenvalue weighted by molar-refractivity contribution is -0.137. The molecular formula is C9H13N3O5S2. The predicted molar refractivity (Wildman–Crippen MR) is 67.4 cm³/mol. The van der Waals surface area contributed by atoms with Gasteiger partial charge in [0.1, 0.15) is 4.21 Å². The number of hydrogen-bond acceptors (Lipinski definition) is 6. The SMILES string of the molecule is NC(=O)CONC(=O)CCNS(=O)(=O)c1cccs1. The number of nitrogens with one attached hydrogen (secondary N) is 2. The van der Waals surface area contributed by atoms with E-state index in [2.05, 4.69) is 9.56 Å². The van der Waals surface area contributed by atoms with Crippen LogP contribution >= 0.6 is 11.3 Å². The molecule has 8 nitrogen and oxygen atoms in total. The fraction of sp³-hybridized carbons (Fsp3) is 0.333. The minimum absolute atomic E-state index is 0.0774. The van der Waals surface area contributed by atoms with Gasteiger partial charge in [-0.1, -0.05) is 6.07 Å². The molecule has 0 unspecified atom stereocenters. The van der Waals surface area contributed by atoms with Crippen LogP contribution in [0.1, 0.15) is 6.42 Å². The van der Waals surface area contributed by atoms with Gasteiger partial charge in [0, 0.05) is 13.0 Å². The Morgan fingerprint density at radius 2 is 2.16 bits per heavy atom. The molecule has 1 heterocycles. The number of rotatable bonds is 8.